The van der Waals surface area contributed by atoms with Gasteiger partial charge in [0.1, 0.15) is 5.75 Å². The fourth-order valence-corrected chi connectivity index (χ4v) is 1.08. The lowest BCUT2D eigenvalue weighted by atomic mass is 10.3. The van der Waals surface area contributed by atoms with Gasteiger partial charge >= 0.3 is 5.97 Å². The van der Waals surface area contributed by atoms with E-state index in [4.69, 9.17) is 9.84 Å². The number of para-hydroxylation sites is 1. The molecular weight excluding hydrogens is 236 g/mol. The second kappa shape index (κ2) is 4.67. The molecule has 1 aromatic carbocycles. The highest BCUT2D eigenvalue weighted by atomic mass is 79.9. The van der Waals surface area contributed by atoms with Gasteiger partial charge in [0.05, 0.1) is 16.8 Å². The van der Waals surface area contributed by atoms with E-state index in [0.717, 1.165) is 16.8 Å². The first-order valence-electron chi connectivity index (χ1n) is 3.51. The second-order valence-electron chi connectivity index (χ2n) is 2.19. The first-order valence-corrected chi connectivity index (χ1v) is 4.30. The molecular formula is C9H7BrO3. The Morgan fingerprint density at radius 1 is 1.46 bits per heavy atom. The maximum absolute atomic E-state index is 10.1. The van der Waals surface area contributed by atoms with Crippen molar-refractivity contribution in [3.63, 3.8) is 0 Å². The summed E-state index contributed by atoms with van der Waals surface area (Å²) in [6.07, 6.45) is 2.06. The number of aliphatic carboxylic acids is 1. The number of rotatable bonds is 3. The van der Waals surface area contributed by atoms with Gasteiger partial charge in [0.2, 0.25) is 0 Å². The van der Waals surface area contributed by atoms with Crippen molar-refractivity contribution < 1.29 is 14.6 Å². The first-order chi connectivity index (χ1) is 6.20. The standard InChI is InChI=1S/C9H7BrO3/c10-7-3-1-2-4-8(7)13-6-5-9(11)12/h1-6H,(H,11,12). The predicted octanol–water partition coefficient (Wildman–Crippen LogP) is 2.43. The molecule has 68 valence electrons. The van der Waals surface area contributed by atoms with Crippen LogP contribution in [-0.4, -0.2) is 11.1 Å². The van der Waals surface area contributed by atoms with E-state index < -0.39 is 5.97 Å². The summed E-state index contributed by atoms with van der Waals surface area (Å²) >= 11 is 3.26. The number of hydrogen-bond acceptors (Lipinski definition) is 2. The zero-order valence-corrected chi connectivity index (χ0v) is 8.19. The molecule has 1 N–H and O–H groups in total. The molecule has 0 aliphatic rings. The minimum atomic E-state index is -1.04. The Bertz CT molecular complexity index is 333. The molecule has 3 nitrogen and oxygen atoms in total. The lowest BCUT2D eigenvalue weighted by Crippen LogP contribution is -1.89. The summed E-state index contributed by atoms with van der Waals surface area (Å²) in [5, 5.41) is 8.28. The van der Waals surface area contributed by atoms with E-state index in [9.17, 15) is 4.79 Å². The zero-order valence-electron chi connectivity index (χ0n) is 6.61. The Kier molecular flexibility index (Phi) is 3.52. The molecule has 0 saturated carbocycles. The summed E-state index contributed by atoms with van der Waals surface area (Å²) in [4.78, 5) is 10.1. The Balaban J connectivity index is 2.64. The molecule has 0 spiro atoms. The molecule has 0 aliphatic carbocycles. The van der Waals surface area contributed by atoms with E-state index >= 15 is 0 Å². The topological polar surface area (TPSA) is 46.5 Å². The molecule has 0 fully saturated rings. The van der Waals surface area contributed by atoms with Crippen LogP contribution in [-0.2, 0) is 4.79 Å². The average Bonchev–Trinajstić information content (AvgIpc) is 2.08. The van der Waals surface area contributed by atoms with Gasteiger partial charge < -0.3 is 9.84 Å². The first kappa shape index (κ1) is 9.80. The van der Waals surface area contributed by atoms with Crippen LogP contribution >= 0.6 is 15.9 Å². The number of carbonyl (C=O) groups is 1. The molecule has 1 aromatic rings. The Labute approximate surface area is 83.8 Å². The van der Waals surface area contributed by atoms with Crippen LogP contribution in [0.1, 0.15) is 0 Å². The van der Waals surface area contributed by atoms with Crippen molar-refractivity contribution in [2.45, 2.75) is 0 Å². The Hall–Kier alpha value is -1.29. The van der Waals surface area contributed by atoms with Gasteiger partial charge in [-0.3, -0.25) is 0 Å². The Morgan fingerprint density at radius 3 is 2.77 bits per heavy atom. The molecule has 0 radical (unpaired) electrons. The van der Waals surface area contributed by atoms with Crippen molar-refractivity contribution in [2.75, 3.05) is 0 Å². The van der Waals surface area contributed by atoms with Crippen molar-refractivity contribution in [1.29, 1.82) is 0 Å². The van der Waals surface area contributed by atoms with E-state index in [1.54, 1.807) is 12.1 Å². The predicted molar refractivity (Wildman–Crippen MR) is 51.5 cm³/mol. The molecule has 0 amide bonds. The van der Waals surface area contributed by atoms with Crippen molar-refractivity contribution in [1.82, 2.24) is 0 Å². The molecule has 0 aliphatic heterocycles. The van der Waals surface area contributed by atoms with Crippen LogP contribution in [0, 0.1) is 0 Å². The molecule has 0 bridgehead atoms. The second-order valence-corrected chi connectivity index (χ2v) is 3.04. The average molecular weight is 243 g/mol. The van der Waals surface area contributed by atoms with Gasteiger partial charge in [-0.2, -0.15) is 0 Å². The molecule has 0 unspecified atom stereocenters. The lowest BCUT2D eigenvalue weighted by molar-refractivity contribution is -0.131. The van der Waals surface area contributed by atoms with E-state index in [0.29, 0.717) is 5.75 Å². The highest BCUT2D eigenvalue weighted by molar-refractivity contribution is 9.10. The number of ether oxygens (including phenoxy) is 1. The van der Waals surface area contributed by atoms with Gasteiger partial charge in [-0.15, -0.1) is 0 Å². The maximum Gasteiger partial charge on any atom is 0.331 e. The van der Waals surface area contributed by atoms with E-state index in [1.165, 1.54) is 0 Å². The van der Waals surface area contributed by atoms with Crippen molar-refractivity contribution in [2.24, 2.45) is 0 Å². The maximum atomic E-state index is 10.1. The third-order valence-electron chi connectivity index (χ3n) is 1.24. The van der Waals surface area contributed by atoms with Crippen LogP contribution in [0.3, 0.4) is 0 Å². The minimum absolute atomic E-state index is 0.583. The van der Waals surface area contributed by atoms with Crippen LogP contribution in [0.2, 0.25) is 0 Å². The van der Waals surface area contributed by atoms with Gasteiger partial charge in [-0.25, -0.2) is 4.79 Å². The number of halogens is 1. The quantitative estimate of drug-likeness (QED) is 0.655. The number of benzene rings is 1. The fourth-order valence-electron chi connectivity index (χ4n) is 0.706. The summed E-state index contributed by atoms with van der Waals surface area (Å²) in [7, 11) is 0. The van der Waals surface area contributed by atoms with E-state index in [2.05, 4.69) is 15.9 Å². The Morgan fingerprint density at radius 2 is 2.15 bits per heavy atom. The fraction of sp³-hybridized carbons (Fsp3) is 0. The van der Waals surface area contributed by atoms with Crippen molar-refractivity contribution >= 4 is 21.9 Å². The molecule has 13 heavy (non-hydrogen) atoms. The SMILES string of the molecule is O=C(O)C=COc1ccccc1Br. The highest BCUT2D eigenvalue weighted by Gasteiger charge is 1.96. The van der Waals surface area contributed by atoms with Gasteiger partial charge in [0, 0.05) is 0 Å². The van der Waals surface area contributed by atoms with Gasteiger partial charge in [0.15, 0.2) is 0 Å². The van der Waals surface area contributed by atoms with Gasteiger partial charge in [-0.05, 0) is 28.1 Å². The summed E-state index contributed by atoms with van der Waals surface area (Å²) in [5.41, 5.74) is 0. The van der Waals surface area contributed by atoms with E-state index in [1.807, 2.05) is 12.1 Å². The summed E-state index contributed by atoms with van der Waals surface area (Å²) in [6, 6.07) is 7.19. The van der Waals surface area contributed by atoms with Crippen LogP contribution in [0.25, 0.3) is 0 Å². The number of carboxylic acid groups (broad SMARTS) is 1. The lowest BCUT2D eigenvalue weighted by Gasteiger charge is -2.00. The smallest absolute Gasteiger partial charge is 0.331 e. The van der Waals surface area contributed by atoms with Crippen LogP contribution in [0.4, 0.5) is 0 Å². The van der Waals surface area contributed by atoms with Crippen LogP contribution in [0.5, 0.6) is 5.75 Å². The molecule has 0 aromatic heterocycles. The third-order valence-corrected chi connectivity index (χ3v) is 1.90. The van der Waals surface area contributed by atoms with Gasteiger partial charge in [-0.1, -0.05) is 12.1 Å². The normalized spacial score (nSPS) is 10.2. The summed E-state index contributed by atoms with van der Waals surface area (Å²) < 4.78 is 5.82. The highest BCUT2D eigenvalue weighted by Crippen LogP contribution is 2.23. The zero-order chi connectivity index (χ0) is 9.68. The van der Waals surface area contributed by atoms with Crippen molar-refractivity contribution in [3.8, 4) is 5.75 Å². The largest absolute Gasteiger partial charge is 0.478 e. The monoisotopic (exact) mass is 242 g/mol. The van der Waals surface area contributed by atoms with E-state index in [-0.39, 0.29) is 0 Å². The molecule has 1 rings (SSSR count). The molecule has 4 heteroatoms. The van der Waals surface area contributed by atoms with Crippen LogP contribution < -0.4 is 4.74 Å². The molecule has 0 heterocycles. The third kappa shape index (κ3) is 3.29. The summed E-state index contributed by atoms with van der Waals surface area (Å²) in [5.74, 6) is -0.452. The minimum Gasteiger partial charge on any atom is -0.478 e. The molecule has 0 atom stereocenters. The number of carboxylic acids is 1. The summed E-state index contributed by atoms with van der Waals surface area (Å²) in [6.45, 7) is 0. The molecule has 0 saturated heterocycles. The van der Waals surface area contributed by atoms with Crippen molar-refractivity contribution in [3.05, 3.63) is 41.1 Å². The number of hydrogen-bond donors (Lipinski definition) is 1. The van der Waals surface area contributed by atoms with Gasteiger partial charge in [0.25, 0.3) is 0 Å². The van der Waals surface area contributed by atoms with Crippen LogP contribution in [0.15, 0.2) is 41.1 Å².